The van der Waals surface area contributed by atoms with Crippen molar-refractivity contribution in [2.45, 2.75) is 39.8 Å². The van der Waals surface area contributed by atoms with Crippen LogP contribution >= 0.6 is 0 Å². The van der Waals surface area contributed by atoms with Crippen LogP contribution in [0.5, 0.6) is 5.75 Å². The van der Waals surface area contributed by atoms with Gasteiger partial charge in [-0.05, 0) is 73.4 Å². The lowest BCUT2D eigenvalue weighted by molar-refractivity contribution is -0.127. The number of hydrogen-bond donors (Lipinski definition) is 0. The zero-order valence-electron chi connectivity index (χ0n) is 23.5. The number of aryl methyl sites for hydroxylation is 2. The van der Waals surface area contributed by atoms with Crippen molar-refractivity contribution in [2.24, 2.45) is 0 Å². The number of piperazine rings is 1. The molecule has 0 spiro atoms. The van der Waals surface area contributed by atoms with Gasteiger partial charge in [0.2, 0.25) is 0 Å². The van der Waals surface area contributed by atoms with E-state index < -0.39 is 6.04 Å². The molecule has 2 aliphatic heterocycles. The topological polar surface area (TPSA) is 86.3 Å². The van der Waals surface area contributed by atoms with Crippen LogP contribution in [0.25, 0.3) is 0 Å². The molecule has 0 N–H and O–H groups in total. The van der Waals surface area contributed by atoms with Crippen LogP contribution in [-0.2, 0) is 11.3 Å². The van der Waals surface area contributed by atoms with Gasteiger partial charge >= 0.3 is 6.03 Å². The Labute approximate surface area is 235 Å². The van der Waals surface area contributed by atoms with Crippen molar-refractivity contribution in [3.05, 3.63) is 83.0 Å². The van der Waals surface area contributed by atoms with Gasteiger partial charge in [-0.25, -0.2) is 9.78 Å². The molecule has 3 aromatic rings. The third-order valence-corrected chi connectivity index (χ3v) is 7.63. The molecule has 1 aromatic heterocycles. The van der Waals surface area contributed by atoms with Crippen molar-refractivity contribution in [3.63, 3.8) is 0 Å². The predicted octanol–water partition coefficient (Wildman–Crippen LogP) is 4.42. The number of hydrogen-bond acceptors (Lipinski definition) is 6. The van der Waals surface area contributed by atoms with Gasteiger partial charge in [0.1, 0.15) is 17.6 Å². The van der Waals surface area contributed by atoms with E-state index >= 15 is 0 Å². The number of carbonyl (C=O) groups excluding carboxylic acids is 3. The number of benzene rings is 2. The van der Waals surface area contributed by atoms with E-state index in [0.717, 1.165) is 22.5 Å². The van der Waals surface area contributed by atoms with Crippen molar-refractivity contribution in [1.82, 2.24) is 14.8 Å². The first kappa shape index (κ1) is 27.2. The summed E-state index contributed by atoms with van der Waals surface area (Å²) < 4.78 is 5.20. The molecule has 2 aromatic carbocycles. The van der Waals surface area contributed by atoms with Crippen molar-refractivity contribution in [3.8, 4) is 5.75 Å². The van der Waals surface area contributed by atoms with E-state index in [1.54, 1.807) is 31.4 Å². The van der Waals surface area contributed by atoms with Crippen LogP contribution in [0, 0.1) is 13.8 Å². The molecule has 0 aliphatic carbocycles. The molecule has 40 heavy (non-hydrogen) atoms. The minimum atomic E-state index is -0.584. The molecule has 0 radical (unpaired) electrons. The molecule has 2 aliphatic rings. The molecule has 2 saturated heterocycles. The molecule has 0 bridgehead atoms. The van der Waals surface area contributed by atoms with Gasteiger partial charge in [0.15, 0.2) is 0 Å². The molecule has 2 fully saturated rings. The zero-order chi connectivity index (χ0) is 28.4. The Hall–Kier alpha value is -4.40. The van der Waals surface area contributed by atoms with E-state index in [0.29, 0.717) is 49.6 Å². The van der Waals surface area contributed by atoms with Gasteiger partial charge in [-0.2, -0.15) is 0 Å². The molecule has 5 rings (SSSR count). The summed E-state index contributed by atoms with van der Waals surface area (Å²) in [6.07, 6.45) is 2.37. The number of carbonyl (C=O) groups is 3. The Morgan fingerprint density at radius 3 is 2.25 bits per heavy atom. The first-order valence-corrected chi connectivity index (χ1v) is 13.7. The summed E-state index contributed by atoms with van der Waals surface area (Å²) in [6, 6.07) is 15.5. The number of aromatic nitrogens is 1. The molecule has 9 heteroatoms. The van der Waals surface area contributed by atoms with Gasteiger partial charge in [-0.15, -0.1) is 0 Å². The van der Waals surface area contributed by atoms with Crippen LogP contribution in [0.4, 0.5) is 16.3 Å². The average Bonchev–Trinajstić information content (AvgIpc) is 3.21. The summed E-state index contributed by atoms with van der Waals surface area (Å²) in [4.78, 5) is 51.3. The van der Waals surface area contributed by atoms with Crippen LogP contribution in [0.15, 0.2) is 60.8 Å². The minimum absolute atomic E-state index is 0.0446. The second kappa shape index (κ2) is 11.4. The summed E-state index contributed by atoms with van der Waals surface area (Å²) in [5.41, 5.74) is 4.27. The Bertz CT molecular complexity index is 1400. The lowest BCUT2D eigenvalue weighted by Gasteiger charge is -2.36. The fraction of sp³-hybridized carbons (Fsp3) is 0.355. The van der Waals surface area contributed by atoms with Gasteiger partial charge < -0.3 is 14.5 Å². The largest absolute Gasteiger partial charge is 0.497 e. The maximum absolute atomic E-state index is 13.4. The number of anilines is 2. The molecule has 3 heterocycles. The van der Waals surface area contributed by atoms with Gasteiger partial charge in [-0.1, -0.05) is 25.1 Å². The van der Waals surface area contributed by atoms with Gasteiger partial charge in [0.25, 0.3) is 11.8 Å². The third-order valence-electron chi connectivity index (χ3n) is 7.63. The fourth-order valence-corrected chi connectivity index (χ4v) is 5.46. The van der Waals surface area contributed by atoms with E-state index in [2.05, 4.69) is 22.9 Å². The molecular formula is C31H35N5O4. The number of nitrogens with zero attached hydrogens (tertiary/aromatic N) is 5. The van der Waals surface area contributed by atoms with E-state index in [4.69, 9.17) is 4.74 Å². The predicted molar refractivity (Wildman–Crippen MR) is 154 cm³/mol. The van der Waals surface area contributed by atoms with E-state index in [9.17, 15) is 14.4 Å². The number of imide groups is 1. The number of amides is 4. The van der Waals surface area contributed by atoms with Crippen molar-refractivity contribution in [1.29, 1.82) is 0 Å². The highest BCUT2D eigenvalue weighted by molar-refractivity contribution is 6.14. The van der Waals surface area contributed by atoms with Gasteiger partial charge in [0, 0.05) is 43.6 Å². The number of pyridine rings is 1. The summed E-state index contributed by atoms with van der Waals surface area (Å²) in [5.74, 6) is 1.42. The van der Waals surface area contributed by atoms with Crippen molar-refractivity contribution >= 4 is 29.4 Å². The van der Waals surface area contributed by atoms with Crippen LogP contribution < -0.4 is 14.5 Å². The average molecular weight is 542 g/mol. The molecule has 208 valence electrons. The van der Waals surface area contributed by atoms with Gasteiger partial charge in [-0.3, -0.25) is 19.4 Å². The normalized spacial score (nSPS) is 17.6. The Kier molecular flexibility index (Phi) is 7.73. The van der Waals surface area contributed by atoms with Crippen LogP contribution in [0.3, 0.4) is 0 Å². The highest BCUT2D eigenvalue weighted by Gasteiger charge is 2.44. The molecule has 0 saturated carbocycles. The summed E-state index contributed by atoms with van der Waals surface area (Å²) in [5, 5.41) is 0. The molecule has 9 nitrogen and oxygen atoms in total. The highest BCUT2D eigenvalue weighted by Crippen LogP contribution is 2.30. The lowest BCUT2D eigenvalue weighted by atomic mass is 10.1. The highest BCUT2D eigenvalue weighted by atomic mass is 16.5. The number of ether oxygens (including phenoxy) is 1. The lowest BCUT2D eigenvalue weighted by Crippen LogP contribution is -2.49. The second-order valence-electron chi connectivity index (χ2n) is 10.3. The smallest absolute Gasteiger partial charge is 0.332 e. The second-order valence-corrected chi connectivity index (χ2v) is 10.3. The summed E-state index contributed by atoms with van der Waals surface area (Å²) >= 11 is 0. The first-order chi connectivity index (χ1) is 19.3. The Balaban J connectivity index is 1.25. The van der Waals surface area contributed by atoms with Crippen LogP contribution in [-0.4, -0.2) is 72.0 Å². The minimum Gasteiger partial charge on any atom is -0.497 e. The fourth-order valence-electron chi connectivity index (χ4n) is 5.46. The van der Waals surface area contributed by atoms with Crippen LogP contribution in [0.1, 0.15) is 40.4 Å². The van der Waals surface area contributed by atoms with E-state index in [1.165, 1.54) is 9.80 Å². The molecular weight excluding hydrogens is 506 g/mol. The van der Waals surface area contributed by atoms with E-state index in [-0.39, 0.29) is 24.4 Å². The Morgan fingerprint density at radius 2 is 1.65 bits per heavy atom. The number of methoxy groups -OCH3 is 1. The molecule has 1 atom stereocenters. The van der Waals surface area contributed by atoms with Crippen LogP contribution in [0.2, 0.25) is 0 Å². The third kappa shape index (κ3) is 5.23. The standard InChI is InChI=1S/C31H35N5O4/c1-5-27-30(38)35(20-23-6-12-26(40-4)13-7-23)31(39)36(27)25-10-8-24(9-11-25)29(37)34-16-14-33(15-17-34)28-22(3)18-21(2)19-32-28/h6-13,18-19,27H,5,14-17,20H2,1-4H3. The molecule has 4 amide bonds. The summed E-state index contributed by atoms with van der Waals surface area (Å²) in [7, 11) is 1.59. The van der Waals surface area contributed by atoms with Crippen molar-refractivity contribution in [2.75, 3.05) is 43.1 Å². The summed E-state index contributed by atoms with van der Waals surface area (Å²) in [6.45, 7) is 8.82. The number of rotatable bonds is 7. The first-order valence-electron chi connectivity index (χ1n) is 13.7. The van der Waals surface area contributed by atoms with Gasteiger partial charge in [0.05, 0.1) is 13.7 Å². The van der Waals surface area contributed by atoms with E-state index in [1.807, 2.05) is 49.2 Å². The maximum Gasteiger partial charge on any atom is 0.332 e. The SMILES string of the molecule is CCC1C(=O)N(Cc2ccc(OC)cc2)C(=O)N1c1ccc(C(=O)N2CCN(c3ncc(C)cc3C)CC2)cc1. The quantitative estimate of drug-likeness (QED) is 0.412. The molecule has 1 unspecified atom stereocenters. The number of urea groups is 1. The Morgan fingerprint density at radius 1 is 0.975 bits per heavy atom. The van der Waals surface area contributed by atoms with Crippen molar-refractivity contribution < 1.29 is 19.1 Å². The monoisotopic (exact) mass is 541 g/mol. The maximum atomic E-state index is 13.4. The zero-order valence-corrected chi connectivity index (χ0v) is 23.5.